The number of carboxylic acids is 1. The second-order valence-electron chi connectivity index (χ2n) is 5.53. The van der Waals surface area contributed by atoms with Crippen molar-refractivity contribution in [3.05, 3.63) is 0 Å². The Kier molecular flexibility index (Phi) is 5.52. The summed E-state index contributed by atoms with van der Waals surface area (Å²) in [5.74, 6) is -0.892. The van der Waals surface area contributed by atoms with Crippen LogP contribution >= 0.6 is 0 Å². The number of rotatable bonds is 7. The zero-order valence-corrected chi connectivity index (χ0v) is 11.3. The van der Waals surface area contributed by atoms with E-state index >= 15 is 0 Å². The first kappa shape index (κ1) is 15.4. The van der Waals surface area contributed by atoms with Gasteiger partial charge in [-0.15, -0.1) is 0 Å². The summed E-state index contributed by atoms with van der Waals surface area (Å²) in [4.78, 5) is 12.6. The first-order chi connectivity index (χ1) is 8.30. The molecule has 1 fully saturated rings. The number of hydrogen-bond donors (Lipinski definition) is 3. The number of likely N-dealkylation sites (N-methyl/N-ethyl adjacent to an activating group) is 1. The molecule has 1 aliphatic heterocycles. The molecule has 18 heavy (non-hydrogen) atoms. The summed E-state index contributed by atoms with van der Waals surface area (Å²) in [7, 11) is 3.82. The van der Waals surface area contributed by atoms with Crippen LogP contribution in [0.1, 0.15) is 19.8 Å². The highest BCUT2D eigenvalue weighted by Crippen LogP contribution is 2.19. The van der Waals surface area contributed by atoms with Crippen molar-refractivity contribution in [2.75, 3.05) is 33.7 Å². The largest absolute Gasteiger partial charge is 0.479 e. The Morgan fingerprint density at radius 1 is 1.50 bits per heavy atom. The summed E-state index contributed by atoms with van der Waals surface area (Å²) in [5.41, 5.74) is -0.797. The van der Waals surface area contributed by atoms with Crippen LogP contribution < -0.4 is 5.32 Å². The second-order valence-corrected chi connectivity index (χ2v) is 5.53. The fraction of sp³-hybridized carbons (Fsp3) is 0.917. The molecule has 0 aromatic heterocycles. The Balaban J connectivity index is 2.21. The minimum absolute atomic E-state index is 0.0683. The summed E-state index contributed by atoms with van der Waals surface area (Å²) in [5, 5.41) is 22.0. The summed E-state index contributed by atoms with van der Waals surface area (Å²) in [6, 6.07) is 0. The van der Waals surface area contributed by atoms with E-state index in [0.717, 1.165) is 6.42 Å². The van der Waals surface area contributed by atoms with Gasteiger partial charge in [0.15, 0.2) is 6.10 Å². The molecule has 0 bridgehead atoms. The minimum Gasteiger partial charge on any atom is -0.479 e. The number of ether oxygens (including phenoxy) is 1. The van der Waals surface area contributed by atoms with E-state index in [4.69, 9.17) is 9.84 Å². The quantitative estimate of drug-likeness (QED) is 0.573. The zero-order chi connectivity index (χ0) is 13.8. The van der Waals surface area contributed by atoms with Crippen LogP contribution in [0.5, 0.6) is 0 Å². The SMILES string of the molecule is CN(C)CC(C)(O)CNCC1CCC(C(=O)O)O1. The molecule has 1 heterocycles. The van der Waals surface area contributed by atoms with Crippen LogP contribution in [0.25, 0.3) is 0 Å². The molecule has 106 valence electrons. The molecule has 0 amide bonds. The average molecular weight is 260 g/mol. The van der Waals surface area contributed by atoms with E-state index < -0.39 is 17.7 Å². The van der Waals surface area contributed by atoms with Gasteiger partial charge in [-0.25, -0.2) is 4.79 Å². The molecular formula is C12H24N2O4. The van der Waals surface area contributed by atoms with E-state index in [-0.39, 0.29) is 6.10 Å². The maximum atomic E-state index is 10.7. The number of aliphatic hydroxyl groups is 1. The molecular weight excluding hydrogens is 236 g/mol. The maximum absolute atomic E-state index is 10.7. The smallest absolute Gasteiger partial charge is 0.332 e. The van der Waals surface area contributed by atoms with Crippen molar-refractivity contribution >= 4 is 5.97 Å². The van der Waals surface area contributed by atoms with Gasteiger partial charge in [0.2, 0.25) is 0 Å². The fourth-order valence-electron chi connectivity index (χ4n) is 2.28. The molecule has 1 rings (SSSR count). The van der Waals surface area contributed by atoms with Crippen LogP contribution in [-0.4, -0.2) is 72.6 Å². The first-order valence-corrected chi connectivity index (χ1v) is 6.26. The number of hydrogen-bond acceptors (Lipinski definition) is 5. The highest BCUT2D eigenvalue weighted by molar-refractivity contribution is 5.72. The van der Waals surface area contributed by atoms with Crippen LogP contribution in [0.15, 0.2) is 0 Å². The Hall–Kier alpha value is -0.690. The van der Waals surface area contributed by atoms with Gasteiger partial charge in [-0.1, -0.05) is 0 Å². The van der Waals surface area contributed by atoms with Crippen molar-refractivity contribution in [1.82, 2.24) is 10.2 Å². The third-order valence-electron chi connectivity index (χ3n) is 2.92. The van der Waals surface area contributed by atoms with Gasteiger partial charge >= 0.3 is 5.97 Å². The van der Waals surface area contributed by atoms with E-state index in [9.17, 15) is 9.90 Å². The Morgan fingerprint density at radius 2 is 2.17 bits per heavy atom. The fourth-order valence-corrected chi connectivity index (χ4v) is 2.28. The number of aliphatic carboxylic acids is 1. The first-order valence-electron chi connectivity index (χ1n) is 6.26. The predicted octanol–water partition coefficient (Wildman–Crippen LogP) is -0.479. The molecule has 0 aromatic carbocycles. The number of carbonyl (C=O) groups is 1. The van der Waals surface area contributed by atoms with Gasteiger partial charge in [0.1, 0.15) is 0 Å². The molecule has 0 aromatic rings. The number of nitrogens with one attached hydrogen (secondary N) is 1. The summed E-state index contributed by atoms with van der Waals surface area (Å²) >= 11 is 0. The van der Waals surface area contributed by atoms with Crippen LogP contribution in [0.2, 0.25) is 0 Å². The van der Waals surface area contributed by atoms with Crippen LogP contribution in [-0.2, 0) is 9.53 Å². The van der Waals surface area contributed by atoms with E-state index in [1.54, 1.807) is 6.92 Å². The topological polar surface area (TPSA) is 82.0 Å². The average Bonchev–Trinajstić information content (AvgIpc) is 2.63. The highest BCUT2D eigenvalue weighted by atomic mass is 16.5. The van der Waals surface area contributed by atoms with Crippen molar-refractivity contribution in [2.24, 2.45) is 0 Å². The monoisotopic (exact) mass is 260 g/mol. The Labute approximate surface area is 108 Å². The maximum Gasteiger partial charge on any atom is 0.332 e. The third-order valence-corrected chi connectivity index (χ3v) is 2.92. The van der Waals surface area contributed by atoms with Gasteiger partial charge in [-0.3, -0.25) is 0 Å². The van der Waals surface area contributed by atoms with Gasteiger partial charge < -0.3 is 25.2 Å². The van der Waals surface area contributed by atoms with Gasteiger partial charge in [0.25, 0.3) is 0 Å². The van der Waals surface area contributed by atoms with E-state index in [0.29, 0.717) is 26.1 Å². The molecule has 3 unspecified atom stereocenters. The molecule has 0 saturated carbocycles. The van der Waals surface area contributed by atoms with Gasteiger partial charge in [-0.05, 0) is 33.9 Å². The molecule has 3 N–H and O–H groups in total. The molecule has 0 spiro atoms. The second kappa shape index (κ2) is 6.47. The van der Waals surface area contributed by atoms with Crippen molar-refractivity contribution < 1.29 is 19.7 Å². The van der Waals surface area contributed by atoms with Gasteiger partial charge in [0.05, 0.1) is 11.7 Å². The molecule has 6 heteroatoms. The summed E-state index contributed by atoms with van der Waals surface area (Å²) < 4.78 is 5.36. The van der Waals surface area contributed by atoms with Crippen molar-refractivity contribution in [2.45, 2.75) is 37.6 Å². The third kappa shape index (κ3) is 5.30. The van der Waals surface area contributed by atoms with Crippen LogP contribution in [0.4, 0.5) is 0 Å². The van der Waals surface area contributed by atoms with E-state index in [1.807, 2.05) is 19.0 Å². The standard InChI is InChI=1S/C12H24N2O4/c1-12(17,8-14(2)3)7-13-6-9-4-5-10(18-9)11(15)16/h9-10,13,17H,4-8H2,1-3H3,(H,15,16). The van der Waals surface area contributed by atoms with E-state index in [1.165, 1.54) is 0 Å². The normalized spacial score (nSPS) is 27.4. The predicted molar refractivity (Wildman–Crippen MR) is 67.6 cm³/mol. The van der Waals surface area contributed by atoms with Crippen molar-refractivity contribution in [3.8, 4) is 0 Å². The number of nitrogens with zero attached hydrogens (tertiary/aromatic N) is 1. The Bertz CT molecular complexity index is 281. The molecule has 0 aliphatic carbocycles. The lowest BCUT2D eigenvalue weighted by molar-refractivity contribution is -0.149. The molecule has 1 saturated heterocycles. The van der Waals surface area contributed by atoms with Crippen molar-refractivity contribution in [1.29, 1.82) is 0 Å². The summed E-state index contributed by atoms with van der Waals surface area (Å²) in [6.07, 6.45) is 0.579. The molecule has 1 aliphatic rings. The van der Waals surface area contributed by atoms with Crippen LogP contribution in [0.3, 0.4) is 0 Å². The van der Waals surface area contributed by atoms with Crippen LogP contribution in [0, 0.1) is 0 Å². The zero-order valence-electron chi connectivity index (χ0n) is 11.3. The lowest BCUT2D eigenvalue weighted by Crippen LogP contribution is -2.47. The highest BCUT2D eigenvalue weighted by Gasteiger charge is 2.30. The van der Waals surface area contributed by atoms with Gasteiger partial charge in [0, 0.05) is 19.6 Å². The van der Waals surface area contributed by atoms with Gasteiger partial charge in [-0.2, -0.15) is 0 Å². The molecule has 3 atom stereocenters. The molecule has 6 nitrogen and oxygen atoms in total. The van der Waals surface area contributed by atoms with Crippen molar-refractivity contribution in [3.63, 3.8) is 0 Å². The Morgan fingerprint density at radius 3 is 2.67 bits per heavy atom. The van der Waals surface area contributed by atoms with E-state index in [2.05, 4.69) is 5.32 Å². The lowest BCUT2D eigenvalue weighted by Gasteiger charge is -2.27. The molecule has 0 radical (unpaired) electrons. The number of carboxylic acid groups (broad SMARTS) is 1. The minimum atomic E-state index is -0.892. The lowest BCUT2D eigenvalue weighted by atomic mass is 10.1. The summed E-state index contributed by atoms with van der Waals surface area (Å²) in [6.45, 7) is 3.38.